The zero-order chi connectivity index (χ0) is 20.1. The molecule has 1 amide bonds. The number of hydrogen-bond donors (Lipinski definition) is 1. The second-order valence-corrected chi connectivity index (χ2v) is 7.03. The molecule has 3 aromatic rings. The average Bonchev–Trinajstić information content (AvgIpc) is 3.18. The number of likely N-dealkylation sites (tertiary alicyclic amines) is 1. The van der Waals surface area contributed by atoms with Gasteiger partial charge in [-0.15, -0.1) is 0 Å². The van der Waals surface area contributed by atoms with Crippen LogP contribution in [0, 0.1) is 0 Å². The van der Waals surface area contributed by atoms with Gasteiger partial charge in [-0.3, -0.25) is 14.5 Å². The van der Waals surface area contributed by atoms with Crippen LogP contribution >= 0.6 is 0 Å². The molecule has 0 saturated carbocycles. The molecule has 0 bridgehead atoms. The zero-order valence-electron chi connectivity index (χ0n) is 16.3. The predicted molar refractivity (Wildman–Crippen MR) is 110 cm³/mol. The standard InChI is InChI=1S/C21H23N7O/c1-27-18(7-9-25-27)4-5-21(29)28-12-2-3-17(15-28)16-6-8-23-19(13-16)26-20-14-22-10-11-24-20/h4-11,13-14,17H,2-3,12,15H2,1H3,(H,23,24,26). The Morgan fingerprint density at radius 3 is 2.86 bits per heavy atom. The number of pyridine rings is 1. The minimum Gasteiger partial charge on any atom is -0.339 e. The summed E-state index contributed by atoms with van der Waals surface area (Å²) < 4.78 is 1.74. The van der Waals surface area contributed by atoms with E-state index in [0.717, 1.165) is 30.9 Å². The lowest BCUT2D eigenvalue weighted by Gasteiger charge is -2.32. The molecule has 8 heteroatoms. The van der Waals surface area contributed by atoms with Gasteiger partial charge in [0, 0.05) is 56.9 Å². The third-order valence-electron chi connectivity index (χ3n) is 5.06. The monoisotopic (exact) mass is 389 g/mol. The molecule has 3 aromatic heterocycles. The lowest BCUT2D eigenvalue weighted by molar-refractivity contribution is -0.127. The number of rotatable bonds is 5. The second-order valence-electron chi connectivity index (χ2n) is 7.03. The first kappa shape index (κ1) is 18.8. The van der Waals surface area contributed by atoms with Crippen molar-refractivity contribution in [1.29, 1.82) is 0 Å². The second kappa shape index (κ2) is 8.64. The zero-order valence-corrected chi connectivity index (χ0v) is 16.3. The number of nitrogens with zero attached hydrogens (tertiary/aromatic N) is 6. The van der Waals surface area contributed by atoms with Gasteiger partial charge in [0.25, 0.3) is 0 Å². The van der Waals surface area contributed by atoms with Crippen LogP contribution in [0.15, 0.2) is 55.3 Å². The molecule has 1 N–H and O–H groups in total. The van der Waals surface area contributed by atoms with Gasteiger partial charge in [-0.25, -0.2) is 9.97 Å². The van der Waals surface area contributed by atoms with Crippen LogP contribution in [0.4, 0.5) is 11.6 Å². The molecule has 1 atom stereocenters. The highest BCUT2D eigenvalue weighted by Gasteiger charge is 2.24. The number of carbonyl (C=O) groups is 1. The first-order valence-electron chi connectivity index (χ1n) is 9.63. The normalized spacial score (nSPS) is 16.9. The van der Waals surface area contributed by atoms with Crippen molar-refractivity contribution < 1.29 is 4.79 Å². The van der Waals surface area contributed by atoms with Crippen LogP contribution in [0.3, 0.4) is 0 Å². The van der Waals surface area contributed by atoms with Crippen LogP contribution in [0.25, 0.3) is 6.08 Å². The molecule has 8 nitrogen and oxygen atoms in total. The lowest BCUT2D eigenvalue weighted by atomic mass is 9.91. The molecule has 1 aliphatic rings. The molecule has 1 aliphatic heterocycles. The molecule has 0 aromatic carbocycles. The van der Waals surface area contributed by atoms with E-state index in [9.17, 15) is 4.79 Å². The van der Waals surface area contributed by atoms with E-state index in [1.807, 2.05) is 36.2 Å². The summed E-state index contributed by atoms with van der Waals surface area (Å²) in [5, 5.41) is 7.29. The summed E-state index contributed by atoms with van der Waals surface area (Å²) in [4.78, 5) is 27.2. The summed E-state index contributed by atoms with van der Waals surface area (Å²) in [6.07, 6.45) is 13.9. The Hall–Kier alpha value is -3.55. The van der Waals surface area contributed by atoms with Gasteiger partial charge in [-0.2, -0.15) is 5.10 Å². The number of piperidine rings is 1. The van der Waals surface area contributed by atoms with Crippen molar-refractivity contribution in [2.45, 2.75) is 18.8 Å². The fraction of sp³-hybridized carbons (Fsp3) is 0.286. The fourth-order valence-corrected chi connectivity index (χ4v) is 3.52. The number of carbonyl (C=O) groups excluding carboxylic acids is 1. The van der Waals surface area contributed by atoms with Gasteiger partial charge in [-0.05, 0) is 42.7 Å². The Morgan fingerprint density at radius 1 is 1.17 bits per heavy atom. The van der Waals surface area contributed by atoms with Crippen molar-refractivity contribution in [3.8, 4) is 0 Å². The fourth-order valence-electron chi connectivity index (χ4n) is 3.52. The lowest BCUT2D eigenvalue weighted by Crippen LogP contribution is -2.38. The van der Waals surface area contributed by atoms with E-state index in [1.54, 1.807) is 41.7 Å². The minimum absolute atomic E-state index is 0.0304. The van der Waals surface area contributed by atoms with Crippen LogP contribution in [0.5, 0.6) is 0 Å². The third kappa shape index (κ3) is 4.66. The van der Waals surface area contributed by atoms with E-state index in [0.29, 0.717) is 12.4 Å². The van der Waals surface area contributed by atoms with E-state index < -0.39 is 0 Å². The van der Waals surface area contributed by atoms with Gasteiger partial charge in [0.2, 0.25) is 5.91 Å². The third-order valence-corrected chi connectivity index (χ3v) is 5.06. The molecule has 0 radical (unpaired) electrons. The highest BCUT2D eigenvalue weighted by Crippen LogP contribution is 2.28. The minimum atomic E-state index is 0.0304. The smallest absolute Gasteiger partial charge is 0.246 e. The summed E-state index contributed by atoms with van der Waals surface area (Å²) >= 11 is 0. The first-order chi connectivity index (χ1) is 14.2. The Balaban J connectivity index is 1.43. The average molecular weight is 389 g/mol. The van der Waals surface area contributed by atoms with Gasteiger partial charge >= 0.3 is 0 Å². The first-order valence-corrected chi connectivity index (χ1v) is 9.63. The number of anilines is 2. The Kier molecular flexibility index (Phi) is 5.60. The van der Waals surface area contributed by atoms with Crippen molar-refractivity contribution >= 4 is 23.6 Å². The molecule has 0 spiro atoms. The van der Waals surface area contributed by atoms with Crippen LogP contribution in [0.2, 0.25) is 0 Å². The van der Waals surface area contributed by atoms with E-state index in [-0.39, 0.29) is 11.8 Å². The van der Waals surface area contributed by atoms with E-state index >= 15 is 0 Å². The maximum Gasteiger partial charge on any atom is 0.246 e. The molecular weight excluding hydrogens is 366 g/mol. The molecular formula is C21H23N7O. The molecule has 148 valence electrons. The summed E-state index contributed by atoms with van der Waals surface area (Å²) in [6.45, 7) is 1.48. The van der Waals surface area contributed by atoms with Crippen molar-refractivity contribution in [3.05, 3.63) is 66.5 Å². The van der Waals surface area contributed by atoms with Crippen LogP contribution in [-0.2, 0) is 11.8 Å². The maximum atomic E-state index is 12.7. The molecule has 0 aliphatic carbocycles. The Labute approximate surface area is 169 Å². The van der Waals surface area contributed by atoms with Gasteiger partial charge in [0.1, 0.15) is 11.6 Å². The number of nitrogens with one attached hydrogen (secondary N) is 1. The Morgan fingerprint density at radius 2 is 2.07 bits per heavy atom. The molecule has 4 rings (SSSR count). The van der Waals surface area contributed by atoms with Crippen molar-refractivity contribution in [2.24, 2.45) is 7.05 Å². The molecule has 1 fully saturated rings. The van der Waals surface area contributed by atoms with Gasteiger partial charge in [0.05, 0.1) is 11.9 Å². The Bertz CT molecular complexity index is 999. The predicted octanol–water partition coefficient (Wildman–Crippen LogP) is 2.77. The quantitative estimate of drug-likeness (QED) is 0.675. The highest BCUT2D eigenvalue weighted by molar-refractivity contribution is 5.91. The van der Waals surface area contributed by atoms with Crippen LogP contribution in [0.1, 0.15) is 30.0 Å². The summed E-state index contributed by atoms with van der Waals surface area (Å²) in [7, 11) is 1.86. The topological polar surface area (TPSA) is 88.8 Å². The van der Waals surface area contributed by atoms with Crippen molar-refractivity contribution in [3.63, 3.8) is 0 Å². The van der Waals surface area contributed by atoms with Gasteiger partial charge in [0.15, 0.2) is 0 Å². The summed E-state index contributed by atoms with van der Waals surface area (Å²) in [5.41, 5.74) is 2.07. The number of aromatic nitrogens is 5. The van der Waals surface area contributed by atoms with Crippen molar-refractivity contribution in [1.82, 2.24) is 29.6 Å². The molecule has 1 saturated heterocycles. The van der Waals surface area contributed by atoms with Crippen LogP contribution < -0.4 is 5.32 Å². The number of hydrogen-bond acceptors (Lipinski definition) is 6. The van der Waals surface area contributed by atoms with Gasteiger partial charge < -0.3 is 10.2 Å². The molecule has 1 unspecified atom stereocenters. The summed E-state index contributed by atoms with van der Waals surface area (Å²) in [6, 6.07) is 5.93. The van der Waals surface area contributed by atoms with Crippen LogP contribution in [-0.4, -0.2) is 48.6 Å². The summed E-state index contributed by atoms with van der Waals surface area (Å²) in [5.74, 6) is 1.69. The van der Waals surface area contributed by atoms with E-state index in [4.69, 9.17) is 0 Å². The van der Waals surface area contributed by atoms with Crippen molar-refractivity contribution in [2.75, 3.05) is 18.4 Å². The maximum absolute atomic E-state index is 12.7. The molecule has 4 heterocycles. The number of amides is 1. The van der Waals surface area contributed by atoms with Gasteiger partial charge in [-0.1, -0.05) is 0 Å². The largest absolute Gasteiger partial charge is 0.339 e. The van der Waals surface area contributed by atoms with E-state index in [2.05, 4.69) is 25.4 Å². The van der Waals surface area contributed by atoms with E-state index in [1.165, 1.54) is 5.56 Å². The SMILES string of the molecule is Cn1nccc1C=CC(=O)N1CCCC(c2ccnc(Nc3cnccn3)c2)C1. The highest BCUT2D eigenvalue weighted by atomic mass is 16.2. The molecule has 29 heavy (non-hydrogen) atoms. The number of aryl methyl sites for hydroxylation is 1.